The zero-order valence-corrected chi connectivity index (χ0v) is 68.6. The van der Waals surface area contributed by atoms with Gasteiger partial charge in [0.25, 0.3) is 23.6 Å². The van der Waals surface area contributed by atoms with Crippen LogP contribution < -0.4 is 62.8 Å². The van der Waals surface area contributed by atoms with Crippen molar-refractivity contribution in [3.8, 4) is 17.6 Å². The number of rotatable bonds is 44. The minimum absolute atomic E-state index is 0.00151. The summed E-state index contributed by atoms with van der Waals surface area (Å²) in [7, 11) is 3.19. The van der Waals surface area contributed by atoms with Crippen molar-refractivity contribution in [1.82, 2.24) is 56.6 Å². The first-order chi connectivity index (χ1) is 58.0. The largest absolute Gasteiger partial charge is 0.495 e. The number of aromatic nitrogens is 2. The summed E-state index contributed by atoms with van der Waals surface area (Å²) in [6.07, 6.45) is 10.8. The lowest BCUT2D eigenvalue weighted by Gasteiger charge is -2.43. The highest BCUT2D eigenvalue weighted by Crippen LogP contribution is 2.41. The Morgan fingerprint density at radius 2 is 1.43 bits per heavy atom. The zero-order valence-electron chi connectivity index (χ0n) is 68.6. The fourth-order valence-electron chi connectivity index (χ4n) is 15.1. The van der Waals surface area contributed by atoms with Crippen LogP contribution >= 0.6 is 0 Å². The standard InChI is InChI=1S/C84H110N16O20/c1-6-65-81(111)96(4)67-50-89-83(95-75(67)99(65)59-15-7-8-16-59)92-63-28-21-56(49-68(63)114-5)79(109)100(60-26-24-57(25-27-60)86-36-41-115-39-10-9-13-55-14-11-17-61-62(55)51-98(80(61)110)66-29-30-70(102)94-77(66)107)84(113)120-52-54-19-22-58(23-20-54)90-76(106)64(18-12-35-88-82(85)112)91-78(108)74(53(2)3)93-71(103)34-40-116-43-45-118-47-48-119-46-44-117-42-37-87-69(101)33-38-97-72(104)31-32-73(97)105/h11,14,17,19-23,28,31-32,49-50,53,57,59-60,64-66,74,86H,6-8,10,12,15-16,18,24-27,29-30,33-48,51-52H2,1-5H3,(H,87,101)(H,90,106)(H,91,108)(H,93,103)(H3,85,88,112)(H,89,92,95)(H,94,102,107)/t57-,60+,64-,65+,66?,74-/m0/s1. The Hall–Kier alpha value is -11.5. The smallest absolute Gasteiger partial charge is 0.417 e. The third kappa shape index (κ3) is 25.5. The average molecular weight is 1660 g/mol. The maximum Gasteiger partial charge on any atom is 0.417 e. The molecule has 0 spiro atoms. The van der Waals surface area contributed by atoms with Crippen molar-refractivity contribution in [2.24, 2.45) is 11.7 Å². The number of likely N-dealkylation sites (N-methyl/N-ethyl adjacent to an activating group) is 1. The number of methoxy groups -OCH3 is 1. The number of anilines is 5. The van der Waals surface area contributed by atoms with Crippen LogP contribution in [0.2, 0.25) is 0 Å². The molecule has 14 amide bonds. The quantitative estimate of drug-likeness (QED) is 0.0167. The highest BCUT2D eigenvalue weighted by molar-refractivity contribution is 6.13. The van der Waals surface area contributed by atoms with Crippen LogP contribution in [0, 0.1) is 17.8 Å². The Morgan fingerprint density at radius 3 is 2.12 bits per heavy atom. The number of carbonyl (C=O) groups is 13. The number of urea groups is 1. The fraction of sp³-hybridized carbons (Fsp3) is 0.536. The maximum atomic E-state index is 15.0. The maximum absolute atomic E-state index is 15.0. The summed E-state index contributed by atoms with van der Waals surface area (Å²) >= 11 is 0. The summed E-state index contributed by atoms with van der Waals surface area (Å²) in [5.41, 5.74) is 9.23. The number of hydrogen-bond donors (Lipinski definition) is 9. The van der Waals surface area contributed by atoms with Crippen molar-refractivity contribution in [2.75, 3.05) is 127 Å². The van der Waals surface area contributed by atoms with Crippen LogP contribution in [0.4, 0.5) is 38.4 Å². The SMILES string of the molecule is CC[C@@H]1C(=O)N(C)c2cnc(Nc3ccc(C(=O)N(C(=O)OCc4ccc(NC(=O)[C@H](CCCNC(N)=O)NC(=O)[C@@H](NC(=O)CCOCCOCCOCCOCCNC(=O)CCN5C(=O)C=CC5=O)C(C)C)cc4)[C@H]4CC[C@@H](NCCOCCC#Cc5cccc6c5CN(C5CCC(=O)NC5=O)C6=O)CC4)cc3OC)nc2N1C1CCCC1. The molecule has 36 nitrogen and oxygen atoms in total. The van der Waals surface area contributed by atoms with Crippen LogP contribution in [0.15, 0.2) is 79.0 Å². The van der Waals surface area contributed by atoms with Crippen LogP contribution in [0.3, 0.4) is 0 Å². The molecule has 5 heterocycles. The molecule has 2 saturated carbocycles. The van der Waals surface area contributed by atoms with Gasteiger partial charge in [0.1, 0.15) is 42.2 Å². The van der Waals surface area contributed by atoms with E-state index in [2.05, 4.69) is 64.3 Å². The lowest BCUT2D eigenvalue weighted by Crippen LogP contribution is -2.55. The number of primary amides is 1. The second kappa shape index (κ2) is 45.6. The van der Waals surface area contributed by atoms with Gasteiger partial charge in [0.2, 0.25) is 47.3 Å². The minimum atomic E-state index is -1.15. The first-order valence-electron chi connectivity index (χ1n) is 41.1. The molecule has 0 bridgehead atoms. The number of amides is 14. The van der Waals surface area contributed by atoms with Gasteiger partial charge in [0.05, 0.1) is 85.1 Å². The van der Waals surface area contributed by atoms with Crippen molar-refractivity contribution in [2.45, 2.75) is 179 Å². The number of benzene rings is 3. The molecule has 2 aliphatic carbocycles. The van der Waals surface area contributed by atoms with Crippen molar-refractivity contribution < 1.29 is 95.5 Å². The number of ether oxygens (including phenoxy) is 7. The van der Waals surface area contributed by atoms with E-state index in [1.54, 1.807) is 80.5 Å². The number of piperidine rings is 1. The van der Waals surface area contributed by atoms with Crippen LogP contribution in [0.5, 0.6) is 5.75 Å². The molecule has 1 saturated heterocycles. The van der Waals surface area contributed by atoms with Crippen LogP contribution in [-0.4, -0.2) is 250 Å². The lowest BCUT2D eigenvalue weighted by molar-refractivity contribution is -0.138. The van der Waals surface area contributed by atoms with Gasteiger partial charge in [0, 0.05) is 118 Å². The summed E-state index contributed by atoms with van der Waals surface area (Å²) in [6, 6.07) is 12.0. The molecule has 1 unspecified atom stereocenters. The van der Waals surface area contributed by atoms with Gasteiger partial charge in [-0.15, -0.1) is 0 Å². The average Bonchev–Trinajstić information content (AvgIpc) is 1.08. The van der Waals surface area contributed by atoms with E-state index in [9.17, 15) is 57.5 Å². The van der Waals surface area contributed by atoms with E-state index in [1.807, 2.05) is 13.0 Å². The number of nitrogens with one attached hydrogen (secondary N) is 8. The topological polar surface area (TPSA) is 451 Å². The van der Waals surface area contributed by atoms with Gasteiger partial charge < -0.3 is 90.8 Å². The first-order valence-corrected chi connectivity index (χ1v) is 41.1. The normalized spacial score (nSPS) is 18.1. The molecule has 4 aromatic rings. The molecule has 1 aromatic heterocycles. The summed E-state index contributed by atoms with van der Waals surface area (Å²) in [6.45, 7) is 8.80. The molecule has 646 valence electrons. The Balaban J connectivity index is 0.699. The first kappa shape index (κ1) is 90.8. The van der Waals surface area contributed by atoms with Gasteiger partial charge in [-0.05, 0) is 124 Å². The number of hydrogen-bond acceptors (Lipinski definition) is 25. The summed E-state index contributed by atoms with van der Waals surface area (Å²) in [4.78, 5) is 186. The van der Waals surface area contributed by atoms with Gasteiger partial charge in [-0.2, -0.15) is 4.98 Å². The van der Waals surface area contributed by atoms with Crippen molar-refractivity contribution in [1.29, 1.82) is 0 Å². The predicted octanol–water partition coefficient (Wildman–Crippen LogP) is 4.53. The van der Waals surface area contributed by atoms with E-state index in [1.165, 1.54) is 18.1 Å². The van der Waals surface area contributed by atoms with E-state index in [-0.39, 0.29) is 183 Å². The molecular weight excluding hydrogens is 1550 g/mol. The van der Waals surface area contributed by atoms with Crippen LogP contribution in [-0.2, 0) is 84.7 Å². The predicted molar refractivity (Wildman–Crippen MR) is 438 cm³/mol. The Bertz CT molecular complexity index is 4390. The molecule has 120 heavy (non-hydrogen) atoms. The lowest BCUT2D eigenvalue weighted by atomic mass is 9.90. The Kier molecular flexibility index (Phi) is 34.5. The number of imide groups is 3. The zero-order chi connectivity index (χ0) is 85.6. The van der Waals surface area contributed by atoms with E-state index in [0.717, 1.165) is 53.2 Å². The number of fused-ring (bicyclic) bond motifs is 2. The third-order valence-corrected chi connectivity index (χ3v) is 21.5. The van der Waals surface area contributed by atoms with Crippen LogP contribution in [0.1, 0.15) is 161 Å². The molecule has 6 aliphatic rings. The molecule has 3 aromatic carbocycles. The Labute approximate surface area is 696 Å². The summed E-state index contributed by atoms with van der Waals surface area (Å²) in [5, 5.41) is 22.7. The second-order valence-corrected chi connectivity index (χ2v) is 30.1. The van der Waals surface area contributed by atoms with E-state index in [4.69, 9.17) is 43.9 Å². The van der Waals surface area contributed by atoms with Crippen molar-refractivity contribution >= 4 is 106 Å². The van der Waals surface area contributed by atoms with Gasteiger partial charge in [0.15, 0.2) is 5.82 Å². The molecule has 0 radical (unpaired) electrons. The van der Waals surface area contributed by atoms with Gasteiger partial charge in [-0.25, -0.2) is 19.5 Å². The van der Waals surface area contributed by atoms with E-state index >= 15 is 4.79 Å². The van der Waals surface area contributed by atoms with Crippen molar-refractivity contribution in [3.05, 3.63) is 107 Å². The van der Waals surface area contributed by atoms with Crippen molar-refractivity contribution in [3.63, 3.8) is 0 Å². The van der Waals surface area contributed by atoms with E-state index in [0.29, 0.717) is 97.9 Å². The second-order valence-electron chi connectivity index (χ2n) is 30.1. The molecule has 3 fully saturated rings. The number of nitrogens with two attached hydrogens (primary N) is 1. The fourth-order valence-corrected chi connectivity index (χ4v) is 15.1. The highest BCUT2D eigenvalue weighted by Gasteiger charge is 2.43. The molecule has 36 heteroatoms. The summed E-state index contributed by atoms with van der Waals surface area (Å²) < 4.78 is 39.9. The van der Waals surface area contributed by atoms with E-state index < -0.39 is 83.6 Å². The summed E-state index contributed by atoms with van der Waals surface area (Å²) in [5.74, 6) is 2.41. The molecule has 10 N–H and O–H groups in total. The molecular formula is C84H110N16O20. The van der Waals surface area contributed by atoms with Gasteiger partial charge in [-0.3, -0.25) is 63.0 Å². The monoisotopic (exact) mass is 1660 g/mol. The third-order valence-electron chi connectivity index (χ3n) is 21.5. The van der Waals surface area contributed by atoms with Gasteiger partial charge in [-0.1, -0.05) is 63.7 Å². The number of carbonyl (C=O) groups excluding carboxylic acids is 13. The minimum Gasteiger partial charge on any atom is -0.495 e. The molecule has 10 rings (SSSR count). The highest BCUT2D eigenvalue weighted by atomic mass is 16.6. The Morgan fingerprint density at radius 1 is 0.742 bits per heavy atom. The molecule has 4 aliphatic heterocycles. The van der Waals surface area contributed by atoms with Crippen LogP contribution in [0.25, 0.3) is 0 Å². The van der Waals surface area contributed by atoms with Gasteiger partial charge >= 0.3 is 12.1 Å². The number of nitrogens with zero attached hydrogens (tertiary/aromatic N) is 7. The molecule has 4 atom stereocenters.